The average molecular weight is 475 g/mol. The number of fused-ring (bicyclic) bond motifs is 3. The molecule has 1 aliphatic rings. The first-order valence-corrected chi connectivity index (χ1v) is 11.7. The van der Waals surface area contributed by atoms with E-state index in [2.05, 4.69) is 15.3 Å². The first kappa shape index (κ1) is 21.8. The Bertz CT molecular complexity index is 1530. The van der Waals surface area contributed by atoms with Gasteiger partial charge in [-0.05, 0) is 43.9 Å². The molecular weight excluding hydrogens is 450 g/mol. The van der Waals surface area contributed by atoms with Gasteiger partial charge >= 0.3 is 0 Å². The maximum absolute atomic E-state index is 15.4. The third-order valence-electron chi connectivity index (χ3n) is 6.99. The fourth-order valence-corrected chi connectivity index (χ4v) is 5.44. The smallest absolute Gasteiger partial charge is 0.237 e. The minimum absolute atomic E-state index is 0.0443. The predicted molar refractivity (Wildman–Crippen MR) is 128 cm³/mol. The molecule has 0 unspecified atom stereocenters. The van der Waals surface area contributed by atoms with Crippen LogP contribution in [0.3, 0.4) is 0 Å². The van der Waals surface area contributed by atoms with Crippen molar-refractivity contribution < 1.29 is 13.5 Å². The average Bonchev–Trinajstić information content (AvgIpc) is 3.38. The van der Waals surface area contributed by atoms with Crippen LogP contribution < -0.4 is 0 Å². The zero-order valence-electron chi connectivity index (χ0n) is 19.4. The minimum Gasteiger partial charge on any atom is -0.381 e. The highest BCUT2D eigenvalue weighted by Crippen LogP contribution is 2.42. The van der Waals surface area contributed by atoms with Gasteiger partial charge in [0.1, 0.15) is 11.3 Å². The molecule has 1 saturated heterocycles. The quantitative estimate of drug-likeness (QED) is 0.344. The summed E-state index contributed by atoms with van der Waals surface area (Å²) in [6.45, 7) is 3.05. The Morgan fingerprint density at radius 2 is 1.89 bits per heavy atom. The molecule has 4 aromatic heterocycles. The number of hydrogen-bond donors (Lipinski definition) is 0. The Hall–Kier alpha value is -3.72. The molecule has 7 nitrogen and oxygen atoms in total. The maximum Gasteiger partial charge on any atom is 0.237 e. The second kappa shape index (κ2) is 8.49. The van der Waals surface area contributed by atoms with E-state index in [1.165, 1.54) is 12.3 Å². The van der Waals surface area contributed by atoms with E-state index in [1.54, 1.807) is 29.1 Å². The predicted octanol–water partition coefficient (Wildman–Crippen LogP) is 4.98. The Balaban J connectivity index is 1.70. The molecule has 0 amide bonds. The van der Waals surface area contributed by atoms with Crippen LogP contribution in [0, 0.1) is 24.6 Å². The van der Waals surface area contributed by atoms with Gasteiger partial charge in [-0.1, -0.05) is 23.4 Å². The van der Waals surface area contributed by atoms with Gasteiger partial charge in [0.2, 0.25) is 5.95 Å². The molecule has 0 N–H and O–H groups in total. The van der Waals surface area contributed by atoms with Crippen LogP contribution in [0.25, 0.3) is 33.2 Å². The number of hydrogen-bond acceptors (Lipinski definition) is 5. The van der Waals surface area contributed by atoms with E-state index in [1.807, 2.05) is 30.7 Å². The van der Waals surface area contributed by atoms with Crippen LogP contribution in [0.15, 0.2) is 48.8 Å². The third-order valence-corrected chi connectivity index (χ3v) is 6.99. The molecule has 5 heterocycles. The van der Waals surface area contributed by atoms with Gasteiger partial charge in [0, 0.05) is 49.2 Å². The van der Waals surface area contributed by atoms with Crippen molar-refractivity contribution in [2.45, 2.75) is 25.8 Å². The summed E-state index contributed by atoms with van der Waals surface area (Å²) in [5.74, 6) is -0.879. The number of aromatic nitrogens is 6. The molecule has 9 heteroatoms. The first-order chi connectivity index (χ1) is 17.0. The van der Waals surface area contributed by atoms with Gasteiger partial charge in [-0.15, -0.1) is 5.10 Å². The Morgan fingerprint density at radius 3 is 2.63 bits per heavy atom. The topological polar surface area (TPSA) is 70.7 Å². The van der Waals surface area contributed by atoms with Crippen molar-refractivity contribution in [1.82, 2.24) is 29.5 Å². The fourth-order valence-electron chi connectivity index (χ4n) is 5.44. The summed E-state index contributed by atoms with van der Waals surface area (Å²) >= 11 is 0. The molecule has 1 aromatic carbocycles. The van der Waals surface area contributed by atoms with Crippen LogP contribution in [-0.2, 0) is 11.8 Å². The molecule has 1 fully saturated rings. The van der Waals surface area contributed by atoms with Crippen molar-refractivity contribution in [1.29, 1.82) is 0 Å². The summed E-state index contributed by atoms with van der Waals surface area (Å²) in [6, 6.07) is 10.0. The van der Waals surface area contributed by atoms with Crippen molar-refractivity contribution >= 4 is 21.9 Å². The van der Waals surface area contributed by atoms with Crippen molar-refractivity contribution in [2.24, 2.45) is 13.0 Å². The van der Waals surface area contributed by atoms with Crippen LogP contribution in [0.1, 0.15) is 30.1 Å². The highest BCUT2D eigenvalue weighted by Gasteiger charge is 2.33. The number of aryl methyl sites for hydroxylation is 2. The molecule has 0 aliphatic carbocycles. The highest BCUT2D eigenvalue weighted by atomic mass is 19.1. The van der Waals surface area contributed by atoms with Crippen molar-refractivity contribution in [3.8, 4) is 11.3 Å². The lowest BCUT2D eigenvalue weighted by molar-refractivity contribution is 0.0548. The Morgan fingerprint density at radius 1 is 1.09 bits per heavy atom. The zero-order valence-corrected chi connectivity index (χ0v) is 19.4. The molecule has 0 spiro atoms. The lowest BCUT2D eigenvalue weighted by atomic mass is 9.86. The van der Waals surface area contributed by atoms with Crippen molar-refractivity contribution in [2.75, 3.05) is 13.2 Å². The van der Waals surface area contributed by atoms with E-state index in [-0.39, 0.29) is 11.7 Å². The van der Waals surface area contributed by atoms with Gasteiger partial charge in [-0.25, -0.2) is 14.1 Å². The largest absolute Gasteiger partial charge is 0.381 e. The summed E-state index contributed by atoms with van der Waals surface area (Å²) in [5, 5.41) is 8.93. The van der Waals surface area contributed by atoms with Gasteiger partial charge in [-0.2, -0.15) is 4.39 Å². The lowest BCUT2D eigenvalue weighted by Gasteiger charge is -2.33. The summed E-state index contributed by atoms with van der Waals surface area (Å²) in [7, 11) is 1.82. The molecule has 0 saturated carbocycles. The van der Waals surface area contributed by atoms with Gasteiger partial charge in [0.15, 0.2) is 0 Å². The van der Waals surface area contributed by atoms with E-state index >= 15 is 8.78 Å². The number of pyridine rings is 2. The summed E-state index contributed by atoms with van der Waals surface area (Å²) in [5.41, 5.74) is 4.59. The van der Waals surface area contributed by atoms with Gasteiger partial charge in [-0.3, -0.25) is 4.98 Å². The summed E-state index contributed by atoms with van der Waals surface area (Å²) in [4.78, 5) is 8.70. The second-order valence-electron chi connectivity index (χ2n) is 9.02. The van der Waals surface area contributed by atoms with E-state index in [9.17, 15) is 0 Å². The monoisotopic (exact) mass is 474 g/mol. The van der Waals surface area contributed by atoms with E-state index in [4.69, 9.17) is 9.72 Å². The van der Waals surface area contributed by atoms with E-state index < -0.39 is 12.0 Å². The van der Waals surface area contributed by atoms with Crippen LogP contribution in [0.2, 0.25) is 0 Å². The van der Waals surface area contributed by atoms with Crippen molar-refractivity contribution in [3.05, 3.63) is 71.8 Å². The first-order valence-electron chi connectivity index (χ1n) is 11.7. The second-order valence-corrected chi connectivity index (χ2v) is 9.02. The SMILES string of the molecule is Cc1nnn(C)c1-c1cnc2c3ccnc(F)c3n([C@H](c3ccccc3F)C3CCOCC3)c2c1. The molecule has 5 aromatic rings. The van der Waals surface area contributed by atoms with E-state index in [0.717, 1.165) is 29.8 Å². The molecule has 35 heavy (non-hydrogen) atoms. The standard InChI is InChI=1S/C26H24F2N6O/c1-15-23(33(2)32-31-15)17-13-21-22(30-14-17)19-7-10-29-26(28)25(19)34(21)24(16-8-11-35-12-9-16)18-5-3-4-6-20(18)27/h3-7,10,13-14,16,24H,8-9,11-12H2,1-2H3/t24-/m0/s1. The molecular formula is C26H24F2N6O. The van der Waals surface area contributed by atoms with Crippen LogP contribution in [0.4, 0.5) is 8.78 Å². The minimum atomic E-state index is -0.603. The van der Waals surface area contributed by atoms with Crippen molar-refractivity contribution in [3.63, 3.8) is 0 Å². The number of halogens is 2. The number of benzene rings is 1. The van der Waals surface area contributed by atoms with E-state index in [0.29, 0.717) is 40.7 Å². The summed E-state index contributed by atoms with van der Waals surface area (Å²) < 4.78 is 39.9. The molecule has 0 radical (unpaired) electrons. The third kappa shape index (κ3) is 3.49. The highest BCUT2D eigenvalue weighted by molar-refractivity contribution is 6.06. The molecule has 6 rings (SSSR count). The maximum atomic E-state index is 15.4. The Kier molecular flexibility index (Phi) is 5.29. The van der Waals surface area contributed by atoms with Gasteiger partial charge in [0.05, 0.1) is 28.5 Å². The number of ether oxygens (including phenoxy) is 1. The Labute approximate surface area is 200 Å². The zero-order chi connectivity index (χ0) is 24.1. The molecule has 1 aliphatic heterocycles. The molecule has 1 atom stereocenters. The lowest BCUT2D eigenvalue weighted by Crippen LogP contribution is -2.27. The normalized spacial score (nSPS) is 15.8. The van der Waals surface area contributed by atoms with Gasteiger partial charge in [0.25, 0.3) is 0 Å². The summed E-state index contributed by atoms with van der Waals surface area (Å²) in [6.07, 6.45) is 4.67. The number of rotatable bonds is 4. The van der Waals surface area contributed by atoms with Crippen LogP contribution in [-0.4, -0.2) is 42.7 Å². The molecule has 0 bridgehead atoms. The molecule has 178 valence electrons. The van der Waals surface area contributed by atoms with Crippen LogP contribution in [0.5, 0.6) is 0 Å². The fraction of sp³-hybridized carbons (Fsp3) is 0.308. The van der Waals surface area contributed by atoms with Crippen LogP contribution >= 0.6 is 0 Å². The number of nitrogens with zero attached hydrogens (tertiary/aromatic N) is 6. The van der Waals surface area contributed by atoms with Gasteiger partial charge < -0.3 is 9.30 Å².